The van der Waals surface area contributed by atoms with Crippen molar-refractivity contribution in [3.8, 4) is 0 Å². The van der Waals surface area contributed by atoms with E-state index in [9.17, 15) is 8.42 Å². The van der Waals surface area contributed by atoms with Gasteiger partial charge in [0.1, 0.15) is 16.4 Å². The largest absolute Gasteiger partial charge is 0.465 e. The first kappa shape index (κ1) is 15.5. The fourth-order valence-corrected chi connectivity index (χ4v) is 4.91. The summed E-state index contributed by atoms with van der Waals surface area (Å²) >= 11 is 0. The third-order valence-electron chi connectivity index (χ3n) is 4.57. The Kier molecular flexibility index (Phi) is 4.27. The Hall–Kier alpha value is -0.850. The van der Waals surface area contributed by atoms with Crippen molar-refractivity contribution in [1.82, 2.24) is 4.72 Å². The molecule has 0 aromatic carbocycles. The number of hydrogen-bond acceptors (Lipinski definition) is 4. The number of nitrogens with one attached hydrogen (secondary N) is 1. The van der Waals surface area contributed by atoms with Gasteiger partial charge in [0.25, 0.3) is 0 Å². The molecule has 0 aliphatic heterocycles. The average Bonchev–Trinajstić information content (AvgIpc) is 2.82. The van der Waals surface area contributed by atoms with E-state index in [1.807, 2.05) is 0 Å². The average molecular weight is 300 g/mol. The molecule has 1 aliphatic rings. The second kappa shape index (κ2) is 5.50. The molecule has 0 amide bonds. The summed E-state index contributed by atoms with van der Waals surface area (Å²) in [7, 11) is -3.58. The Labute approximate surface area is 121 Å². The monoisotopic (exact) mass is 300 g/mol. The van der Waals surface area contributed by atoms with Crippen LogP contribution < -0.4 is 10.5 Å². The van der Waals surface area contributed by atoms with Crippen LogP contribution in [0.4, 0.5) is 0 Å². The fraction of sp³-hybridized carbons (Fsp3) is 0.714. The Morgan fingerprint density at radius 2 is 1.90 bits per heavy atom. The molecule has 1 aromatic heterocycles. The van der Waals surface area contributed by atoms with Crippen LogP contribution in [0.5, 0.6) is 0 Å². The van der Waals surface area contributed by atoms with Crippen LogP contribution in [0.1, 0.15) is 43.8 Å². The molecule has 0 spiro atoms. The molecule has 1 aliphatic carbocycles. The molecule has 2 rings (SSSR count). The van der Waals surface area contributed by atoms with Crippen LogP contribution in [0, 0.1) is 25.7 Å². The molecule has 0 radical (unpaired) electrons. The fourth-order valence-electron chi connectivity index (χ4n) is 3.09. The Balaban J connectivity index is 2.32. The predicted molar refractivity (Wildman–Crippen MR) is 77.7 cm³/mol. The van der Waals surface area contributed by atoms with E-state index < -0.39 is 10.0 Å². The standard InChI is InChI=1S/C14H24N2O3S/c1-8-5-6-13(9(8)2)16-20(17,18)14-11(4)19-10(3)12(14)7-15/h8-9,13,16H,5-7,15H2,1-4H3. The molecule has 0 bridgehead atoms. The summed E-state index contributed by atoms with van der Waals surface area (Å²) in [4.78, 5) is 0.226. The minimum absolute atomic E-state index is 0.00442. The summed E-state index contributed by atoms with van der Waals surface area (Å²) in [5.74, 6) is 1.88. The minimum Gasteiger partial charge on any atom is -0.465 e. The van der Waals surface area contributed by atoms with Crippen LogP contribution in [0.15, 0.2) is 9.31 Å². The zero-order valence-corrected chi connectivity index (χ0v) is 13.4. The first-order valence-corrected chi connectivity index (χ1v) is 8.57. The maximum atomic E-state index is 12.6. The van der Waals surface area contributed by atoms with Gasteiger partial charge in [-0.1, -0.05) is 13.8 Å². The van der Waals surface area contributed by atoms with Gasteiger partial charge in [0.15, 0.2) is 0 Å². The number of hydrogen-bond donors (Lipinski definition) is 2. The lowest BCUT2D eigenvalue weighted by Crippen LogP contribution is -2.37. The van der Waals surface area contributed by atoms with Gasteiger partial charge in [-0.2, -0.15) is 0 Å². The predicted octanol–water partition coefficient (Wildman–Crippen LogP) is 2.07. The SMILES string of the molecule is Cc1oc(C)c(S(=O)(=O)NC2CCC(C)C2C)c1CN. The highest BCUT2D eigenvalue weighted by molar-refractivity contribution is 7.89. The molecular weight excluding hydrogens is 276 g/mol. The molecule has 0 saturated heterocycles. The summed E-state index contributed by atoms with van der Waals surface area (Å²) in [5.41, 5.74) is 6.24. The molecule has 3 N–H and O–H groups in total. The van der Waals surface area contributed by atoms with Crippen molar-refractivity contribution in [1.29, 1.82) is 0 Å². The molecule has 3 atom stereocenters. The molecule has 3 unspecified atom stereocenters. The van der Waals surface area contributed by atoms with Gasteiger partial charge in [0.05, 0.1) is 0 Å². The summed E-state index contributed by atoms with van der Waals surface area (Å²) in [6, 6.07) is -0.00442. The van der Waals surface area contributed by atoms with E-state index >= 15 is 0 Å². The lowest BCUT2D eigenvalue weighted by atomic mass is 9.98. The van der Waals surface area contributed by atoms with Crippen LogP contribution in [-0.4, -0.2) is 14.5 Å². The van der Waals surface area contributed by atoms with Crippen LogP contribution in [0.3, 0.4) is 0 Å². The summed E-state index contributed by atoms with van der Waals surface area (Å²) in [5, 5.41) is 0. The highest BCUT2D eigenvalue weighted by Crippen LogP contribution is 2.33. The number of rotatable bonds is 4. The summed E-state index contributed by atoms with van der Waals surface area (Å²) in [6.07, 6.45) is 1.94. The smallest absolute Gasteiger partial charge is 0.244 e. The molecule has 1 aromatic rings. The van der Waals surface area contributed by atoms with Crippen molar-refractivity contribution in [2.75, 3.05) is 0 Å². The first-order chi connectivity index (χ1) is 9.27. The van der Waals surface area contributed by atoms with Gasteiger partial charge in [0.2, 0.25) is 10.0 Å². The minimum atomic E-state index is -3.58. The van der Waals surface area contributed by atoms with Crippen molar-refractivity contribution in [3.05, 3.63) is 17.1 Å². The maximum absolute atomic E-state index is 12.6. The highest BCUT2D eigenvalue weighted by atomic mass is 32.2. The van der Waals surface area contributed by atoms with Gasteiger partial charge in [-0.15, -0.1) is 0 Å². The molecule has 5 nitrogen and oxygen atoms in total. The second-order valence-corrected chi connectivity index (χ2v) is 7.52. The van der Waals surface area contributed by atoms with Gasteiger partial charge in [-0.3, -0.25) is 0 Å². The van der Waals surface area contributed by atoms with Crippen molar-refractivity contribution in [2.24, 2.45) is 17.6 Å². The van der Waals surface area contributed by atoms with Crippen LogP contribution in [0.25, 0.3) is 0 Å². The second-order valence-electron chi connectivity index (χ2n) is 5.87. The molecule has 1 fully saturated rings. The van der Waals surface area contributed by atoms with E-state index in [2.05, 4.69) is 18.6 Å². The van der Waals surface area contributed by atoms with Crippen LogP contribution in [0.2, 0.25) is 0 Å². The third kappa shape index (κ3) is 2.64. The molecule has 20 heavy (non-hydrogen) atoms. The zero-order valence-electron chi connectivity index (χ0n) is 12.6. The number of nitrogens with two attached hydrogens (primary N) is 1. The third-order valence-corrected chi connectivity index (χ3v) is 6.25. The van der Waals surface area contributed by atoms with E-state index in [1.165, 1.54) is 0 Å². The van der Waals surface area contributed by atoms with E-state index in [-0.39, 0.29) is 17.5 Å². The summed E-state index contributed by atoms with van der Waals surface area (Å²) in [6.45, 7) is 7.84. The van der Waals surface area contributed by atoms with Gasteiger partial charge >= 0.3 is 0 Å². The van der Waals surface area contributed by atoms with E-state index in [0.29, 0.717) is 28.9 Å². The van der Waals surface area contributed by atoms with Gasteiger partial charge in [0, 0.05) is 18.2 Å². The quantitative estimate of drug-likeness (QED) is 0.891. The van der Waals surface area contributed by atoms with E-state index in [1.54, 1.807) is 13.8 Å². The van der Waals surface area contributed by atoms with Gasteiger partial charge in [-0.05, 0) is 38.5 Å². The lowest BCUT2D eigenvalue weighted by molar-refractivity contribution is 0.401. The molecular formula is C14H24N2O3S. The molecule has 6 heteroatoms. The Bertz CT molecular complexity index is 592. The van der Waals surface area contributed by atoms with Gasteiger partial charge in [-0.25, -0.2) is 13.1 Å². The normalized spacial score (nSPS) is 27.1. The first-order valence-electron chi connectivity index (χ1n) is 7.09. The molecule has 1 heterocycles. The van der Waals surface area contributed by atoms with Crippen molar-refractivity contribution in [3.63, 3.8) is 0 Å². The Morgan fingerprint density at radius 3 is 2.40 bits per heavy atom. The van der Waals surface area contributed by atoms with E-state index in [4.69, 9.17) is 10.2 Å². The topological polar surface area (TPSA) is 85.3 Å². The van der Waals surface area contributed by atoms with Gasteiger partial charge < -0.3 is 10.2 Å². The van der Waals surface area contributed by atoms with Crippen LogP contribution in [-0.2, 0) is 16.6 Å². The molecule has 1 saturated carbocycles. The highest BCUT2D eigenvalue weighted by Gasteiger charge is 2.35. The number of furan rings is 1. The van der Waals surface area contributed by atoms with Crippen molar-refractivity contribution >= 4 is 10.0 Å². The van der Waals surface area contributed by atoms with Crippen LogP contribution >= 0.6 is 0 Å². The van der Waals surface area contributed by atoms with Crippen molar-refractivity contribution < 1.29 is 12.8 Å². The number of aryl methyl sites for hydroxylation is 2. The Morgan fingerprint density at radius 1 is 1.25 bits per heavy atom. The summed E-state index contributed by atoms with van der Waals surface area (Å²) < 4.78 is 33.5. The van der Waals surface area contributed by atoms with E-state index in [0.717, 1.165) is 12.8 Å². The zero-order chi connectivity index (χ0) is 15.1. The molecule has 114 valence electrons. The maximum Gasteiger partial charge on any atom is 0.244 e. The van der Waals surface area contributed by atoms with Crippen molar-refractivity contribution in [2.45, 2.75) is 58.0 Å². The number of sulfonamides is 1. The lowest BCUT2D eigenvalue weighted by Gasteiger charge is -2.19.